The van der Waals surface area contributed by atoms with Gasteiger partial charge in [-0.1, -0.05) is 27.7 Å². The fourth-order valence-corrected chi connectivity index (χ4v) is 2.12. The zero-order valence-corrected chi connectivity index (χ0v) is 10.8. The predicted octanol–water partition coefficient (Wildman–Crippen LogP) is 3.01. The fraction of sp³-hybridized carbons (Fsp3) is 0.727. The van der Waals surface area contributed by atoms with Gasteiger partial charge in [0.25, 0.3) is 0 Å². The molecule has 3 nitrogen and oxygen atoms in total. The number of nitrogens with two attached hydrogens (primary N) is 1. The molecule has 1 heterocycles. The first kappa shape index (κ1) is 12.4. The number of nitrogen functional groups attached to an aromatic ring is 1. The smallest absolute Gasteiger partial charge is 0.135 e. The minimum Gasteiger partial charge on any atom is -0.383 e. The van der Waals surface area contributed by atoms with Gasteiger partial charge in [0.1, 0.15) is 5.82 Å². The van der Waals surface area contributed by atoms with Gasteiger partial charge in [0.05, 0.1) is 11.1 Å². The van der Waals surface area contributed by atoms with Gasteiger partial charge in [-0.2, -0.15) is 5.10 Å². The molecular weight excluding hydrogens is 206 g/mol. The second kappa shape index (κ2) is 5.45. The van der Waals surface area contributed by atoms with Gasteiger partial charge in [-0.15, -0.1) is 11.8 Å². The van der Waals surface area contributed by atoms with E-state index in [1.807, 2.05) is 10.9 Å². The third kappa shape index (κ3) is 3.78. The summed E-state index contributed by atoms with van der Waals surface area (Å²) in [4.78, 5) is 1.11. The van der Waals surface area contributed by atoms with Gasteiger partial charge in [-0.25, -0.2) is 4.68 Å². The molecule has 0 saturated heterocycles. The van der Waals surface area contributed by atoms with E-state index in [2.05, 4.69) is 32.8 Å². The Bertz CT molecular complexity index is 305. The molecule has 0 amide bonds. The van der Waals surface area contributed by atoms with Gasteiger partial charge < -0.3 is 5.73 Å². The molecule has 0 spiro atoms. The quantitative estimate of drug-likeness (QED) is 0.786. The maximum atomic E-state index is 6.02. The molecule has 0 saturated carbocycles. The Morgan fingerprint density at radius 3 is 2.60 bits per heavy atom. The summed E-state index contributed by atoms with van der Waals surface area (Å²) < 4.78 is 1.91. The molecule has 0 radical (unpaired) electrons. The Hall–Kier alpha value is -0.640. The zero-order valence-electron chi connectivity index (χ0n) is 10.0. The summed E-state index contributed by atoms with van der Waals surface area (Å²) in [7, 11) is 0. The summed E-state index contributed by atoms with van der Waals surface area (Å²) in [5, 5.41) is 4.86. The molecule has 0 aliphatic carbocycles. The van der Waals surface area contributed by atoms with Crippen LogP contribution in [-0.2, 0) is 6.54 Å². The molecule has 1 aromatic rings. The molecule has 86 valence electrons. The Morgan fingerprint density at radius 2 is 2.07 bits per heavy atom. The van der Waals surface area contributed by atoms with E-state index < -0.39 is 0 Å². The molecule has 0 aliphatic heterocycles. The molecule has 0 aliphatic rings. The van der Waals surface area contributed by atoms with E-state index in [9.17, 15) is 0 Å². The van der Waals surface area contributed by atoms with E-state index in [0.29, 0.717) is 11.2 Å². The van der Waals surface area contributed by atoms with Gasteiger partial charge in [-0.05, 0) is 12.3 Å². The number of hydrogen-bond acceptors (Lipinski definition) is 3. The molecule has 0 bridgehead atoms. The van der Waals surface area contributed by atoms with Gasteiger partial charge in [-0.3, -0.25) is 0 Å². The number of hydrogen-bond donors (Lipinski definition) is 1. The van der Waals surface area contributed by atoms with Crippen molar-refractivity contribution in [1.29, 1.82) is 0 Å². The number of thioether (sulfide) groups is 1. The lowest BCUT2D eigenvalue weighted by Gasteiger charge is -2.07. The van der Waals surface area contributed by atoms with Crippen molar-refractivity contribution in [2.45, 2.75) is 50.8 Å². The maximum absolute atomic E-state index is 6.02. The van der Waals surface area contributed by atoms with Crippen LogP contribution in [0.5, 0.6) is 0 Å². The largest absolute Gasteiger partial charge is 0.383 e. The second-order valence-electron chi connectivity index (χ2n) is 4.47. The van der Waals surface area contributed by atoms with Crippen LogP contribution in [0.1, 0.15) is 34.1 Å². The van der Waals surface area contributed by atoms with Crippen molar-refractivity contribution in [3.8, 4) is 0 Å². The number of anilines is 1. The van der Waals surface area contributed by atoms with Gasteiger partial charge >= 0.3 is 0 Å². The van der Waals surface area contributed by atoms with Crippen LogP contribution in [-0.4, -0.2) is 15.0 Å². The van der Waals surface area contributed by atoms with Crippen molar-refractivity contribution in [2.24, 2.45) is 5.92 Å². The summed E-state index contributed by atoms with van der Waals surface area (Å²) in [6.07, 6.45) is 3.00. The summed E-state index contributed by atoms with van der Waals surface area (Å²) in [5.74, 6) is 1.50. The van der Waals surface area contributed by atoms with Crippen LogP contribution < -0.4 is 5.73 Å². The monoisotopic (exact) mass is 227 g/mol. The van der Waals surface area contributed by atoms with E-state index in [0.717, 1.165) is 23.7 Å². The summed E-state index contributed by atoms with van der Waals surface area (Å²) >= 11 is 1.77. The van der Waals surface area contributed by atoms with Crippen LogP contribution in [0.2, 0.25) is 0 Å². The Balaban J connectivity index is 2.63. The number of nitrogens with zero attached hydrogens (tertiary/aromatic N) is 2. The van der Waals surface area contributed by atoms with Crippen LogP contribution in [0.15, 0.2) is 11.1 Å². The highest BCUT2D eigenvalue weighted by Crippen LogP contribution is 2.28. The molecule has 4 heteroatoms. The molecule has 0 fully saturated rings. The van der Waals surface area contributed by atoms with E-state index in [1.54, 1.807) is 11.8 Å². The van der Waals surface area contributed by atoms with Gasteiger partial charge in [0.2, 0.25) is 0 Å². The van der Waals surface area contributed by atoms with Crippen molar-refractivity contribution in [3.05, 3.63) is 6.20 Å². The lowest BCUT2D eigenvalue weighted by Crippen LogP contribution is -2.07. The molecule has 0 aromatic carbocycles. The molecule has 0 unspecified atom stereocenters. The van der Waals surface area contributed by atoms with Crippen LogP contribution in [0.4, 0.5) is 5.82 Å². The molecule has 1 rings (SSSR count). The Labute approximate surface area is 96.4 Å². The Kier molecular flexibility index (Phi) is 4.51. The molecule has 0 atom stereocenters. The van der Waals surface area contributed by atoms with Crippen LogP contribution in [0.25, 0.3) is 0 Å². The lowest BCUT2D eigenvalue weighted by molar-refractivity contribution is 0.491. The van der Waals surface area contributed by atoms with Gasteiger partial charge in [0.15, 0.2) is 0 Å². The first-order chi connectivity index (χ1) is 7.00. The fourth-order valence-electron chi connectivity index (χ4n) is 1.28. The SMILES string of the molecule is CC(C)CCn1ncc(SC(C)C)c1N. The summed E-state index contributed by atoms with van der Waals surface area (Å²) in [5.41, 5.74) is 6.02. The van der Waals surface area contributed by atoms with Crippen molar-refractivity contribution < 1.29 is 0 Å². The lowest BCUT2D eigenvalue weighted by atomic mass is 10.1. The maximum Gasteiger partial charge on any atom is 0.135 e. The Morgan fingerprint density at radius 1 is 1.40 bits per heavy atom. The average Bonchev–Trinajstić information content (AvgIpc) is 2.44. The molecule has 15 heavy (non-hydrogen) atoms. The van der Waals surface area contributed by atoms with Gasteiger partial charge in [0, 0.05) is 11.8 Å². The van der Waals surface area contributed by atoms with Crippen LogP contribution >= 0.6 is 11.8 Å². The second-order valence-corrected chi connectivity index (χ2v) is 6.08. The highest BCUT2D eigenvalue weighted by Gasteiger charge is 2.09. The number of aromatic nitrogens is 2. The zero-order chi connectivity index (χ0) is 11.4. The third-order valence-electron chi connectivity index (χ3n) is 2.13. The summed E-state index contributed by atoms with van der Waals surface area (Å²) in [6.45, 7) is 9.67. The standard InChI is InChI=1S/C11H21N3S/c1-8(2)5-6-14-11(12)10(7-13-14)15-9(3)4/h7-9H,5-6,12H2,1-4H3. The highest BCUT2D eigenvalue weighted by atomic mass is 32.2. The van der Waals surface area contributed by atoms with Crippen molar-refractivity contribution in [2.75, 3.05) is 5.73 Å². The predicted molar refractivity (Wildman–Crippen MR) is 67.1 cm³/mol. The molecule has 2 N–H and O–H groups in total. The first-order valence-electron chi connectivity index (χ1n) is 5.48. The van der Waals surface area contributed by atoms with E-state index in [-0.39, 0.29) is 0 Å². The minimum atomic E-state index is 0.551. The normalized spacial score (nSPS) is 11.6. The molecular formula is C11H21N3S. The third-order valence-corrected chi connectivity index (χ3v) is 3.17. The van der Waals surface area contributed by atoms with Crippen LogP contribution in [0.3, 0.4) is 0 Å². The van der Waals surface area contributed by atoms with Crippen molar-refractivity contribution >= 4 is 17.6 Å². The average molecular weight is 227 g/mol. The minimum absolute atomic E-state index is 0.551. The topological polar surface area (TPSA) is 43.8 Å². The van der Waals surface area contributed by atoms with E-state index in [4.69, 9.17) is 5.73 Å². The van der Waals surface area contributed by atoms with Crippen molar-refractivity contribution in [1.82, 2.24) is 9.78 Å². The van der Waals surface area contributed by atoms with E-state index >= 15 is 0 Å². The first-order valence-corrected chi connectivity index (χ1v) is 6.36. The van der Waals surface area contributed by atoms with Crippen LogP contribution in [0, 0.1) is 5.92 Å². The number of rotatable bonds is 5. The van der Waals surface area contributed by atoms with Crippen molar-refractivity contribution in [3.63, 3.8) is 0 Å². The van der Waals surface area contributed by atoms with E-state index in [1.165, 1.54) is 0 Å². The molecule has 1 aromatic heterocycles. The summed E-state index contributed by atoms with van der Waals surface area (Å²) in [6, 6.07) is 0. The highest BCUT2D eigenvalue weighted by molar-refractivity contribution is 8.00. The number of aryl methyl sites for hydroxylation is 1.